The van der Waals surface area contributed by atoms with E-state index in [1.165, 1.54) is 32.8 Å². The van der Waals surface area contributed by atoms with Gasteiger partial charge in [0.25, 0.3) is 0 Å². The van der Waals surface area contributed by atoms with Crippen LogP contribution in [0, 0.1) is 41.4 Å². The SMILES string of the molecule is CCC1CC(CC)C2C3CC(CC3C(=O)OCCC(=O)OC)C12. The zero-order chi connectivity index (χ0) is 16.6. The molecular formula is C19H30O4. The van der Waals surface area contributed by atoms with Crippen LogP contribution in [0.2, 0.25) is 0 Å². The third-order valence-electron chi connectivity index (χ3n) is 6.96. The first-order valence-electron chi connectivity index (χ1n) is 9.34. The van der Waals surface area contributed by atoms with E-state index in [1.54, 1.807) is 0 Å². The second-order valence-electron chi connectivity index (χ2n) is 7.72. The van der Waals surface area contributed by atoms with E-state index in [0.717, 1.165) is 36.0 Å². The minimum absolute atomic E-state index is 0.0727. The zero-order valence-corrected chi connectivity index (χ0v) is 14.6. The van der Waals surface area contributed by atoms with Crippen molar-refractivity contribution in [2.24, 2.45) is 41.4 Å². The van der Waals surface area contributed by atoms with Crippen LogP contribution in [0.25, 0.3) is 0 Å². The van der Waals surface area contributed by atoms with Gasteiger partial charge < -0.3 is 9.47 Å². The molecule has 0 spiro atoms. The molecule has 4 heteroatoms. The molecule has 0 aromatic heterocycles. The van der Waals surface area contributed by atoms with E-state index in [9.17, 15) is 9.59 Å². The first-order valence-corrected chi connectivity index (χ1v) is 9.34. The lowest BCUT2D eigenvalue weighted by atomic mass is 9.70. The highest BCUT2D eigenvalue weighted by atomic mass is 16.5. The first kappa shape index (κ1) is 16.8. The fraction of sp³-hybridized carbons (Fsp3) is 0.895. The van der Waals surface area contributed by atoms with Gasteiger partial charge in [0, 0.05) is 0 Å². The molecule has 0 aromatic rings. The fourth-order valence-corrected chi connectivity index (χ4v) is 6.11. The van der Waals surface area contributed by atoms with Gasteiger partial charge in [-0.25, -0.2) is 0 Å². The van der Waals surface area contributed by atoms with Crippen molar-refractivity contribution >= 4 is 11.9 Å². The molecule has 0 heterocycles. The van der Waals surface area contributed by atoms with Crippen LogP contribution >= 0.6 is 0 Å². The number of carbonyl (C=O) groups is 2. The Morgan fingerprint density at radius 1 is 1.00 bits per heavy atom. The Kier molecular flexibility index (Phi) is 4.98. The van der Waals surface area contributed by atoms with E-state index < -0.39 is 0 Å². The largest absolute Gasteiger partial charge is 0.469 e. The third-order valence-corrected chi connectivity index (χ3v) is 6.96. The van der Waals surface area contributed by atoms with Crippen LogP contribution < -0.4 is 0 Å². The van der Waals surface area contributed by atoms with Crippen LogP contribution in [0.3, 0.4) is 0 Å². The van der Waals surface area contributed by atoms with Crippen LogP contribution in [0.5, 0.6) is 0 Å². The zero-order valence-electron chi connectivity index (χ0n) is 14.6. The number of hydrogen-bond donors (Lipinski definition) is 0. The Labute approximate surface area is 139 Å². The highest BCUT2D eigenvalue weighted by molar-refractivity contribution is 5.74. The molecule has 3 rings (SSSR count). The monoisotopic (exact) mass is 322 g/mol. The molecule has 0 aromatic carbocycles. The minimum Gasteiger partial charge on any atom is -0.469 e. The van der Waals surface area contributed by atoms with E-state index >= 15 is 0 Å². The number of methoxy groups -OCH3 is 1. The van der Waals surface area contributed by atoms with Gasteiger partial charge in [-0.15, -0.1) is 0 Å². The molecule has 130 valence electrons. The Bertz CT molecular complexity index is 460. The number of rotatable bonds is 6. The highest BCUT2D eigenvalue weighted by Gasteiger charge is 2.61. The van der Waals surface area contributed by atoms with Gasteiger partial charge in [0.2, 0.25) is 0 Å². The van der Waals surface area contributed by atoms with Crippen molar-refractivity contribution in [2.45, 2.75) is 52.4 Å². The second-order valence-corrected chi connectivity index (χ2v) is 7.72. The van der Waals surface area contributed by atoms with E-state index in [-0.39, 0.29) is 30.9 Å². The number of ether oxygens (including phenoxy) is 2. The maximum absolute atomic E-state index is 12.5. The minimum atomic E-state index is -0.321. The molecule has 0 radical (unpaired) electrons. The molecule has 7 atom stereocenters. The first-order chi connectivity index (χ1) is 11.1. The van der Waals surface area contributed by atoms with E-state index in [1.807, 2.05) is 0 Å². The molecule has 0 aliphatic heterocycles. The van der Waals surface area contributed by atoms with E-state index in [4.69, 9.17) is 4.74 Å². The summed E-state index contributed by atoms with van der Waals surface area (Å²) >= 11 is 0. The summed E-state index contributed by atoms with van der Waals surface area (Å²) in [6.07, 6.45) is 6.28. The van der Waals surface area contributed by atoms with Crippen molar-refractivity contribution in [3.8, 4) is 0 Å². The van der Waals surface area contributed by atoms with Crippen LogP contribution in [0.4, 0.5) is 0 Å². The molecule has 0 amide bonds. The fourth-order valence-electron chi connectivity index (χ4n) is 6.11. The maximum Gasteiger partial charge on any atom is 0.309 e. The molecule has 0 saturated heterocycles. The molecule has 4 nitrogen and oxygen atoms in total. The van der Waals surface area contributed by atoms with Gasteiger partial charge in [0.15, 0.2) is 0 Å². The summed E-state index contributed by atoms with van der Waals surface area (Å²) in [5.41, 5.74) is 0. The number of hydrogen-bond acceptors (Lipinski definition) is 4. The Morgan fingerprint density at radius 2 is 1.70 bits per heavy atom. The van der Waals surface area contributed by atoms with Gasteiger partial charge in [-0.3, -0.25) is 9.59 Å². The van der Waals surface area contributed by atoms with Crippen molar-refractivity contribution in [1.82, 2.24) is 0 Å². The van der Waals surface area contributed by atoms with Gasteiger partial charge >= 0.3 is 11.9 Å². The lowest BCUT2D eigenvalue weighted by Gasteiger charge is -2.34. The Hall–Kier alpha value is -1.06. The van der Waals surface area contributed by atoms with Crippen molar-refractivity contribution in [1.29, 1.82) is 0 Å². The molecule has 3 aliphatic carbocycles. The average molecular weight is 322 g/mol. The summed E-state index contributed by atoms with van der Waals surface area (Å²) < 4.78 is 9.97. The van der Waals surface area contributed by atoms with Crippen LogP contribution in [-0.4, -0.2) is 25.7 Å². The van der Waals surface area contributed by atoms with E-state index in [2.05, 4.69) is 18.6 Å². The quantitative estimate of drug-likeness (QED) is 0.703. The molecule has 3 fully saturated rings. The highest BCUT2D eigenvalue weighted by Crippen LogP contribution is 2.65. The smallest absolute Gasteiger partial charge is 0.309 e. The van der Waals surface area contributed by atoms with Crippen molar-refractivity contribution in [3.05, 3.63) is 0 Å². The summed E-state index contributed by atoms with van der Waals surface area (Å²) in [7, 11) is 1.36. The molecule has 3 aliphatic rings. The predicted molar refractivity (Wildman–Crippen MR) is 86.5 cm³/mol. The van der Waals surface area contributed by atoms with Crippen LogP contribution in [0.15, 0.2) is 0 Å². The summed E-state index contributed by atoms with van der Waals surface area (Å²) in [6, 6.07) is 0. The summed E-state index contributed by atoms with van der Waals surface area (Å²) in [5.74, 6) is 4.19. The third kappa shape index (κ3) is 2.89. The summed E-state index contributed by atoms with van der Waals surface area (Å²) in [6.45, 7) is 4.78. The Morgan fingerprint density at radius 3 is 2.35 bits per heavy atom. The predicted octanol–water partition coefficient (Wildman–Crippen LogP) is 3.44. The molecule has 23 heavy (non-hydrogen) atoms. The lowest BCUT2D eigenvalue weighted by molar-refractivity contribution is -0.154. The lowest BCUT2D eigenvalue weighted by Crippen LogP contribution is -2.34. The van der Waals surface area contributed by atoms with Gasteiger partial charge in [-0.2, -0.15) is 0 Å². The average Bonchev–Trinajstić information content (AvgIpc) is 3.24. The number of fused-ring (bicyclic) bond motifs is 5. The van der Waals surface area contributed by atoms with Gasteiger partial charge in [0.05, 0.1) is 19.4 Å². The van der Waals surface area contributed by atoms with Crippen molar-refractivity contribution < 1.29 is 19.1 Å². The topological polar surface area (TPSA) is 52.6 Å². The second kappa shape index (κ2) is 6.82. The van der Waals surface area contributed by atoms with Gasteiger partial charge in [0.1, 0.15) is 6.61 Å². The van der Waals surface area contributed by atoms with Crippen molar-refractivity contribution in [3.63, 3.8) is 0 Å². The van der Waals surface area contributed by atoms with E-state index in [0.29, 0.717) is 5.92 Å². The Balaban J connectivity index is 1.60. The molecule has 0 N–H and O–H groups in total. The van der Waals surface area contributed by atoms with Gasteiger partial charge in [-0.05, 0) is 54.8 Å². The molecular weight excluding hydrogens is 292 g/mol. The summed E-state index contributed by atoms with van der Waals surface area (Å²) in [4.78, 5) is 23.6. The summed E-state index contributed by atoms with van der Waals surface area (Å²) in [5, 5.41) is 0. The number of esters is 2. The standard InChI is InChI=1S/C19H30O4/c1-4-11-8-12(5-2)18-14-9-13(17(11)18)10-15(14)19(21)23-7-6-16(20)22-3/h11-15,17-18H,4-10H2,1-3H3. The van der Waals surface area contributed by atoms with Crippen molar-refractivity contribution in [2.75, 3.05) is 13.7 Å². The van der Waals surface area contributed by atoms with Crippen LogP contribution in [0.1, 0.15) is 52.4 Å². The van der Waals surface area contributed by atoms with Crippen LogP contribution in [-0.2, 0) is 19.1 Å². The molecule has 7 unspecified atom stereocenters. The molecule has 3 saturated carbocycles. The van der Waals surface area contributed by atoms with Gasteiger partial charge in [-0.1, -0.05) is 26.7 Å². The maximum atomic E-state index is 12.5. The number of carbonyl (C=O) groups excluding carboxylic acids is 2. The molecule has 2 bridgehead atoms. The normalized spacial score (nSPS) is 40.9.